The maximum atomic E-state index is 15.6. The zero-order valence-corrected chi connectivity index (χ0v) is 18.9. The number of carbonyl (C=O) groups excluding carboxylic acids is 1. The minimum atomic E-state index is -5.16. The molecule has 1 fully saturated rings. The van der Waals surface area contributed by atoms with Gasteiger partial charge in [-0.3, -0.25) is 0 Å². The Hall–Kier alpha value is -2.86. The molecule has 2 aromatic rings. The highest BCUT2D eigenvalue weighted by Crippen LogP contribution is 2.35. The number of ether oxygens (including phenoxy) is 1. The summed E-state index contributed by atoms with van der Waals surface area (Å²) in [5.41, 5.74) is 0.752. The lowest BCUT2D eigenvalue weighted by Crippen LogP contribution is -2.52. The molecule has 0 aliphatic carbocycles. The minimum Gasteiger partial charge on any atom is -0.491 e. The Morgan fingerprint density at radius 1 is 1.12 bits per heavy atom. The molecule has 0 spiro atoms. The maximum Gasteiger partial charge on any atom is 0.350 e. The van der Waals surface area contributed by atoms with E-state index in [-0.39, 0.29) is 30.7 Å². The maximum absolute atomic E-state index is 15.6. The molecule has 2 aliphatic heterocycles. The quantitative estimate of drug-likeness (QED) is 0.656. The molecule has 1 N–H and O–H groups in total. The summed E-state index contributed by atoms with van der Waals surface area (Å²) in [4.78, 5) is 15.4. The van der Waals surface area contributed by atoms with Gasteiger partial charge in [-0.1, -0.05) is 36.4 Å². The number of likely N-dealkylation sites (N-methyl/N-ethyl adjacent to an activating group) is 1. The molecule has 7 nitrogen and oxygen atoms in total. The second-order valence-corrected chi connectivity index (χ2v) is 9.90. The molecule has 3 atom stereocenters. The molecule has 2 bridgehead atoms. The highest BCUT2D eigenvalue weighted by atomic mass is 32.2. The summed E-state index contributed by atoms with van der Waals surface area (Å²) < 4.78 is 87.7. The molecule has 1 saturated heterocycles. The van der Waals surface area contributed by atoms with Crippen LogP contribution in [0.3, 0.4) is 0 Å². The fourth-order valence-electron chi connectivity index (χ4n) is 4.32. The number of hydrogen-bond acceptors (Lipinski definition) is 4. The van der Waals surface area contributed by atoms with Crippen molar-refractivity contribution in [2.45, 2.75) is 30.4 Å². The number of sulfonamides is 1. The molecular weight excluding hydrogens is 478 g/mol. The molecule has 2 amide bonds. The van der Waals surface area contributed by atoms with Crippen LogP contribution in [0.25, 0.3) is 11.1 Å². The van der Waals surface area contributed by atoms with E-state index in [0.717, 1.165) is 4.90 Å². The number of fused-ring (bicyclic) bond motifs is 5. The van der Waals surface area contributed by atoms with Crippen molar-refractivity contribution in [2.75, 3.05) is 26.7 Å². The largest absolute Gasteiger partial charge is 0.491 e. The highest BCUT2D eigenvalue weighted by molar-refractivity contribution is 7.89. The summed E-state index contributed by atoms with van der Waals surface area (Å²) in [5, 5.41) is 0. The van der Waals surface area contributed by atoms with Crippen LogP contribution in [0, 0.1) is 5.82 Å². The van der Waals surface area contributed by atoms with Gasteiger partial charge in [-0.05, 0) is 18.1 Å². The number of para-hydroxylation sites is 1. The number of alkyl halides is 3. The van der Waals surface area contributed by atoms with Gasteiger partial charge < -0.3 is 14.5 Å². The third-order valence-electron chi connectivity index (χ3n) is 6.05. The fourth-order valence-corrected chi connectivity index (χ4v) is 5.10. The summed E-state index contributed by atoms with van der Waals surface area (Å²) in [6, 6.07) is 7.76. The average molecular weight is 502 g/mol. The van der Waals surface area contributed by atoms with Crippen LogP contribution in [0.5, 0.6) is 5.75 Å². The van der Waals surface area contributed by atoms with Crippen LogP contribution in [0.1, 0.15) is 5.56 Å². The van der Waals surface area contributed by atoms with Gasteiger partial charge in [0.05, 0.1) is 25.2 Å². The van der Waals surface area contributed by atoms with Crippen LogP contribution in [-0.2, 0) is 16.4 Å². The van der Waals surface area contributed by atoms with Crippen molar-refractivity contribution in [3.05, 3.63) is 53.8 Å². The number of rotatable bonds is 3. The number of carbonyl (C=O) groups is 1. The van der Waals surface area contributed by atoms with E-state index in [1.807, 2.05) is 0 Å². The summed E-state index contributed by atoms with van der Waals surface area (Å²) in [6.45, 7) is -0.382. The van der Waals surface area contributed by atoms with Crippen molar-refractivity contribution >= 4 is 16.1 Å². The Labute approximate surface area is 194 Å². The normalized spacial score (nSPS) is 23.5. The van der Waals surface area contributed by atoms with Gasteiger partial charge in [0, 0.05) is 18.2 Å². The van der Waals surface area contributed by atoms with E-state index < -0.39 is 52.4 Å². The van der Waals surface area contributed by atoms with Gasteiger partial charge in [0.1, 0.15) is 24.3 Å². The van der Waals surface area contributed by atoms with E-state index >= 15 is 4.39 Å². The highest BCUT2D eigenvalue weighted by Gasteiger charge is 2.48. The van der Waals surface area contributed by atoms with Gasteiger partial charge in [-0.25, -0.2) is 26.7 Å². The van der Waals surface area contributed by atoms with Crippen LogP contribution in [0.2, 0.25) is 0 Å². The number of halogens is 4. The third kappa shape index (κ3) is 4.56. The lowest BCUT2D eigenvalue weighted by molar-refractivity contribution is 0.146. The third-order valence-corrected chi connectivity index (χ3v) is 7.12. The van der Waals surface area contributed by atoms with Crippen LogP contribution < -0.4 is 9.46 Å². The van der Waals surface area contributed by atoms with Crippen LogP contribution in [0.4, 0.5) is 22.4 Å². The van der Waals surface area contributed by atoms with Crippen LogP contribution in [-0.4, -0.2) is 75.0 Å². The topological polar surface area (TPSA) is 79.0 Å². The predicted molar refractivity (Wildman–Crippen MR) is 116 cm³/mol. The Kier molecular flexibility index (Phi) is 6.72. The molecule has 34 heavy (non-hydrogen) atoms. The number of benzene rings is 2. The molecular formula is C22H23F4N3O4S. The van der Waals surface area contributed by atoms with E-state index in [1.54, 1.807) is 41.1 Å². The predicted octanol–water partition coefficient (Wildman–Crippen LogP) is 3.01. The van der Waals surface area contributed by atoms with Crippen LogP contribution in [0.15, 0.2) is 42.5 Å². The van der Waals surface area contributed by atoms with Gasteiger partial charge >= 0.3 is 11.8 Å². The molecule has 2 aliphatic rings. The molecule has 0 saturated carbocycles. The summed E-state index contributed by atoms with van der Waals surface area (Å²) in [5.74, 6) is -4.03. The van der Waals surface area contributed by atoms with Crippen molar-refractivity contribution in [1.29, 1.82) is 0 Å². The van der Waals surface area contributed by atoms with Crippen LogP contribution >= 0.6 is 0 Å². The van der Waals surface area contributed by atoms with Gasteiger partial charge in [0.25, 0.3) is 10.0 Å². The molecule has 2 aromatic carbocycles. The van der Waals surface area contributed by atoms with Gasteiger partial charge in [0.15, 0.2) is 0 Å². The van der Waals surface area contributed by atoms with Crippen molar-refractivity contribution in [2.24, 2.45) is 0 Å². The van der Waals surface area contributed by atoms with E-state index in [1.165, 1.54) is 18.0 Å². The van der Waals surface area contributed by atoms with Crippen molar-refractivity contribution < 1.29 is 35.5 Å². The first kappa shape index (κ1) is 24.3. The standard InChI is InChI=1S/C22H23F4N3O4S/c1-28-9-10-33-18-8-3-2-6-14(18)15-7-4-5-13(19(15)24)11-17-20(27-34(31,32)21(25)26)16(23)12-29(17)22(28)30/h2-8,16-17,20-21,27H,9-12H2,1H3/t16-,17+,20-/m0/s1. The zero-order valence-electron chi connectivity index (χ0n) is 18.1. The minimum absolute atomic E-state index is 0.0551. The Bertz CT molecular complexity index is 1180. The Morgan fingerprint density at radius 3 is 2.56 bits per heavy atom. The van der Waals surface area contributed by atoms with Crippen molar-refractivity contribution in [1.82, 2.24) is 14.5 Å². The first-order valence-electron chi connectivity index (χ1n) is 10.5. The zero-order chi connectivity index (χ0) is 24.6. The molecule has 4 rings (SSSR count). The van der Waals surface area contributed by atoms with E-state index in [0.29, 0.717) is 11.3 Å². The lowest BCUT2D eigenvalue weighted by Gasteiger charge is -2.31. The Morgan fingerprint density at radius 2 is 1.82 bits per heavy atom. The van der Waals surface area contributed by atoms with E-state index in [2.05, 4.69) is 0 Å². The second-order valence-electron chi connectivity index (χ2n) is 8.22. The SMILES string of the molecule is CN1CCOc2ccccc2-c2cccc(c2F)C[C@@H]2[C@@H](NS(=O)(=O)C(F)F)[C@@H](F)CN2C1=O. The van der Waals surface area contributed by atoms with Gasteiger partial charge in [0.2, 0.25) is 0 Å². The first-order valence-corrected chi connectivity index (χ1v) is 12.1. The lowest BCUT2D eigenvalue weighted by atomic mass is 9.95. The molecule has 2 heterocycles. The van der Waals surface area contributed by atoms with Gasteiger partial charge in [-0.2, -0.15) is 8.78 Å². The Balaban J connectivity index is 1.81. The number of amides is 2. The second kappa shape index (κ2) is 9.41. The summed E-state index contributed by atoms with van der Waals surface area (Å²) in [6.07, 6.45) is -2.26. The molecule has 12 heteroatoms. The number of nitrogens with one attached hydrogen (secondary N) is 1. The summed E-state index contributed by atoms with van der Waals surface area (Å²) >= 11 is 0. The number of nitrogens with zero attached hydrogens (tertiary/aromatic N) is 2. The fraction of sp³-hybridized carbons (Fsp3) is 0.409. The van der Waals surface area contributed by atoms with Crippen molar-refractivity contribution in [3.8, 4) is 16.9 Å². The monoisotopic (exact) mass is 501 g/mol. The molecule has 184 valence electrons. The number of urea groups is 1. The smallest absolute Gasteiger partial charge is 0.350 e. The molecule has 0 aromatic heterocycles. The van der Waals surface area contributed by atoms with E-state index in [4.69, 9.17) is 4.74 Å². The van der Waals surface area contributed by atoms with Gasteiger partial charge in [-0.15, -0.1) is 0 Å². The average Bonchev–Trinajstić information content (AvgIpc) is 3.09. The van der Waals surface area contributed by atoms with E-state index in [9.17, 15) is 26.4 Å². The summed E-state index contributed by atoms with van der Waals surface area (Å²) in [7, 11) is -3.70. The first-order chi connectivity index (χ1) is 16.1. The number of hydrogen-bond donors (Lipinski definition) is 1. The molecule has 0 unspecified atom stereocenters. The van der Waals surface area contributed by atoms with Crippen molar-refractivity contribution in [3.63, 3.8) is 0 Å². The molecule has 0 radical (unpaired) electrons.